The zero-order valence-corrected chi connectivity index (χ0v) is 20.8. The highest BCUT2D eigenvalue weighted by atomic mass is 14.9. The van der Waals surface area contributed by atoms with E-state index < -0.39 is 0 Å². The van der Waals surface area contributed by atoms with Gasteiger partial charge >= 0.3 is 0 Å². The molecule has 1 N–H and O–H groups in total. The van der Waals surface area contributed by atoms with E-state index in [9.17, 15) is 0 Å². The maximum Gasteiger partial charge on any atom is 0.0384 e. The fourth-order valence-corrected chi connectivity index (χ4v) is 4.36. The molecule has 0 amide bonds. The lowest BCUT2D eigenvalue weighted by Gasteiger charge is -2.12. The SMILES string of the molecule is Cc1ccc(Nc2ccc(C=CC=C(c3cc(C)cc(C)c3)c3cc(C)cc(C)c3)cc2)cc1. The van der Waals surface area contributed by atoms with Gasteiger partial charge in [0.25, 0.3) is 0 Å². The van der Waals surface area contributed by atoms with Crippen molar-refractivity contribution in [3.63, 3.8) is 0 Å². The molecule has 0 aliphatic rings. The molecule has 0 fully saturated rings. The van der Waals surface area contributed by atoms with E-state index in [1.54, 1.807) is 0 Å². The molecule has 0 aliphatic carbocycles. The smallest absolute Gasteiger partial charge is 0.0384 e. The van der Waals surface area contributed by atoms with E-state index in [1.807, 2.05) is 0 Å². The molecule has 0 heterocycles. The Hall–Kier alpha value is -3.84. The van der Waals surface area contributed by atoms with E-state index in [-0.39, 0.29) is 0 Å². The average Bonchev–Trinajstić information content (AvgIpc) is 2.78. The minimum atomic E-state index is 1.09. The first-order valence-corrected chi connectivity index (χ1v) is 11.9. The Kier molecular flexibility index (Phi) is 7.13. The van der Waals surface area contributed by atoms with Gasteiger partial charge in [-0.15, -0.1) is 0 Å². The quantitative estimate of drug-likeness (QED) is 0.293. The summed E-state index contributed by atoms with van der Waals surface area (Å²) in [6.07, 6.45) is 6.56. The van der Waals surface area contributed by atoms with Crippen LogP contribution in [0, 0.1) is 34.6 Å². The van der Waals surface area contributed by atoms with E-state index in [1.165, 1.54) is 50.1 Å². The van der Waals surface area contributed by atoms with Gasteiger partial charge in [-0.1, -0.05) is 107 Å². The molecule has 1 nitrogen and oxygen atoms in total. The van der Waals surface area contributed by atoms with Crippen molar-refractivity contribution in [3.8, 4) is 0 Å². The third kappa shape index (κ3) is 6.14. The van der Waals surface area contributed by atoms with Crippen LogP contribution < -0.4 is 5.32 Å². The lowest BCUT2D eigenvalue weighted by atomic mass is 9.92. The Morgan fingerprint density at radius 2 is 0.971 bits per heavy atom. The molecule has 4 rings (SSSR count). The summed E-state index contributed by atoms with van der Waals surface area (Å²) in [6.45, 7) is 10.8. The van der Waals surface area contributed by atoms with Crippen LogP contribution in [0.2, 0.25) is 0 Å². The van der Waals surface area contributed by atoms with Crippen molar-refractivity contribution in [3.05, 3.63) is 142 Å². The summed E-state index contributed by atoms with van der Waals surface area (Å²) in [5.74, 6) is 0. The fourth-order valence-electron chi connectivity index (χ4n) is 4.36. The van der Waals surface area contributed by atoms with Crippen LogP contribution in [0.1, 0.15) is 44.5 Å². The van der Waals surface area contributed by atoms with Crippen molar-refractivity contribution in [1.29, 1.82) is 0 Å². The standard InChI is InChI=1S/C33H33N/c1-23-9-13-31(14-10-23)34-32-15-11-28(12-16-32)7-6-8-33(29-19-24(2)17-25(3)20-29)30-21-26(4)18-27(5)22-30/h6-22,34H,1-5H3. The van der Waals surface area contributed by atoms with Crippen molar-refractivity contribution < 1.29 is 0 Å². The van der Waals surface area contributed by atoms with Gasteiger partial charge in [-0.25, -0.2) is 0 Å². The van der Waals surface area contributed by atoms with Gasteiger partial charge in [-0.05, 0) is 81.1 Å². The van der Waals surface area contributed by atoms with Crippen LogP contribution in [0.25, 0.3) is 11.6 Å². The predicted octanol–water partition coefficient (Wildman–Crippen LogP) is 9.12. The second kappa shape index (κ2) is 10.4. The predicted molar refractivity (Wildman–Crippen MR) is 149 cm³/mol. The van der Waals surface area contributed by atoms with Crippen molar-refractivity contribution in [2.75, 3.05) is 5.32 Å². The van der Waals surface area contributed by atoms with Crippen LogP contribution in [0.4, 0.5) is 11.4 Å². The van der Waals surface area contributed by atoms with E-state index >= 15 is 0 Å². The summed E-state index contributed by atoms with van der Waals surface area (Å²) in [7, 11) is 0. The van der Waals surface area contributed by atoms with Gasteiger partial charge in [0.05, 0.1) is 0 Å². The number of benzene rings is 4. The second-order valence-corrected chi connectivity index (χ2v) is 9.31. The number of nitrogens with one attached hydrogen (secondary N) is 1. The lowest BCUT2D eigenvalue weighted by Crippen LogP contribution is -1.92. The molecule has 1 heteroatoms. The Balaban J connectivity index is 1.60. The van der Waals surface area contributed by atoms with Gasteiger partial charge in [-0.3, -0.25) is 0 Å². The van der Waals surface area contributed by atoms with Crippen LogP contribution in [0.5, 0.6) is 0 Å². The van der Waals surface area contributed by atoms with Crippen LogP contribution in [0.3, 0.4) is 0 Å². The minimum absolute atomic E-state index is 1.09. The zero-order valence-electron chi connectivity index (χ0n) is 20.8. The zero-order chi connectivity index (χ0) is 24.1. The van der Waals surface area contributed by atoms with Gasteiger partial charge in [0.15, 0.2) is 0 Å². The maximum absolute atomic E-state index is 3.46. The number of hydrogen-bond acceptors (Lipinski definition) is 1. The molecule has 0 radical (unpaired) electrons. The van der Waals surface area contributed by atoms with Gasteiger partial charge in [0, 0.05) is 11.4 Å². The summed E-state index contributed by atoms with van der Waals surface area (Å²) in [5.41, 5.74) is 13.5. The minimum Gasteiger partial charge on any atom is -0.356 e. The Morgan fingerprint density at radius 1 is 0.529 bits per heavy atom. The Bertz CT molecular complexity index is 1240. The van der Waals surface area contributed by atoms with E-state index in [0.717, 1.165) is 11.4 Å². The van der Waals surface area contributed by atoms with Gasteiger partial charge in [0.2, 0.25) is 0 Å². The van der Waals surface area contributed by atoms with Gasteiger partial charge < -0.3 is 5.32 Å². The fraction of sp³-hybridized carbons (Fsp3) is 0.152. The molecule has 0 spiro atoms. The average molecular weight is 444 g/mol. The van der Waals surface area contributed by atoms with Crippen LogP contribution in [-0.2, 0) is 0 Å². The largest absolute Gasteiger partial charge is 0.356 e. The molecule has 170 valence electrons. The summed E-state index contributed by atoms with van der Waals surface area (Å²) < 4.78 is 0. The normalized spacial score (nSPS) is 11.0. The van der Waals surface area contributed by atoms with E-state index in [4.69, 9.17) is 0 Å². The molecule has 0 bridgehead atoms. The first-order chi connectivity index (χ1) is 16.4. The van der Waals surface area contributed by atoms with Crippen molar-refractivity contribution >= 4 is 23.0 Å². The number of aryl methyl sites for hydroxylation is 5. The van der Waals surface area contributed by atoms with Crippen molar-refractivity contribution in [2.45, 2.75) is 34.6 Å². The molecular formula is C33H33N. The topological polar surface area (TPSA) is 12.0 Å². The molecular weight excluding hydrogens is 410 g/mol. The van der Waals surface area contributed by atoms with Gasteiger partial charge in [-0.2, -0.15) is 0 Å². The molecule has 4 aromatic carbocycles. The number of anilines is 2. The summed E-state index contributed by atoms with van der Waals surface area (Å²) >= 11 is 0. The first kappa shape index (κ1) is 23.3. The van der Waals surface area contributed by atoms with Crippen LogP contribution in [-0.4, -0.2) is 0 Å². The Labute approximate surface area is 204 Å². The molecule has 0 saturated carbocycles. The molecule has 0 aromatic heterocycles. The monoisotopic (exact) mass is 443 g/mol. The lowest BCUT2D eigenvalue weighted by molar-refractivity contribution is 1.34. The first-order valence-electron chi connectivity index (χ1n) is 11.9. The molecule has 4 aromatic rings. The van der Waals surface area contributed by atoms with Crippen molar-refractivity contribution in [2.24, 2.45) is 0 Å². The third-order valence-electron chi connectivity index (χ3n) is 5.87. The summed E-state index contributed by atoms with van der Waals surface area (Å²) in [6, 6.07) is 30.5. The maximum atomic E-state index is 3.46. The number of allylic oxidation sites excluding steroid dienone is 2. The molecule has 34 heavy (non-hydrogen) atoms. The van der Waals surface area contributed by atoms with Crippen LogP contribution >= 0.6 is 0 Å². The van der Waals surface area contributed by atoms with E-state index in [0.29, 0.717) is 0 Å². The van der Waals surface area contributed by atoms with Crippen molar-refractivity contribution in [1.82, 2.24) is 0 Å². The number of hydrogen-bond donors (Lipinski definition) is 1. The number of rotatable bonds is 6. The second-order valence-electron chi connectivity index (χ2n) is 9.31. The highest BCUT2D eigenvalue weighted by Crippen LogP contribution is 2.27. The Morgan fingerprint density at radius 3 is 1.44 bits per heavy atom. The summed E-state index contributed by atoms with van der Waals surface area (Å²) in [5, 5.41) is 3.46. The van der Waals surface area contributed by atoms with E-state index in [2.05, 4.69) is 143 Å². The third-order valence-corrected chi connectivity index (χ3v) is 5.87. The molecule has 0 aliphatic heterocycles. The molecule has 0 unspecified atom stereocenters. The molecule has 0 saturated heterocycles. The molecule has 0 atom stereocenters. The van der Waals surface area contributed by atoms with Gasteiger partial charge in [0.1, 0.15) is 0 Å². The highest BCUT2D eigenvalue weighted by molar-refractivity contribution is 5.82. The highest BCUT2D eigenvalue weighted by Gasteiger charge is 2.07. The van der Waals surface area contributed by atoms with Crippen LogP contribution in [0.15, 0.2) is 97.1 Å². The summed E-state index contributed by atoms with van der Waals surface area (Å²) in [4.78, 5) is 0.